The van der Waals surface area contributed by atoms with Gasteiger partial charge in [0.2, 0.25) is 0 Å². The number of nitrogen functional groups attached to an aromatic ring is 1. The Hall–Kier alpha value is -2.54. The van der Waals surface area contributed by atoms with Gasteiger partial charge in [0.15, 0.2) is 0 Å². The highest BCUT2D eigenvalue weighted by atomic mass is 32.1. The molecule has 3 heterocycles. The molecule has 3 aromatic heterocycles. The highest BCUT2D eigenvalue weighted by Gasteiger charge is 2.17. The first-order valence-electron chi connectivity index (χ1n) is 6.35. The number of thiophene rings is 1. The van der Waals surface area contributed by atoms with Gasteiger partial charge in [0.1, 0.15) is 9.71 Å². The van der Waals surface area contributed by atoms with Crippen LogP contribution >= 0.6 is 11.3 Å². The molecule has 3 N–H and O–H groups in total. The van der Waals surface area contributed by atoms with Crippen LogP contribution in [-0.2, 0) is 6.54 Å². The summed E-state index contributed by atoms with van der Waals surface area (Å²) in [5.74, 6) is -0.222. The minimum absolute atomic E-state index is 0.222. The maximum atomic E-state index is 12.3. The summed E-state index contributed by atoms with van der Waals surface area (Å²) in [6, 6.07) is 5.58. The van der Waals surface area contributed by atoms with Crippen molar-refractivity contribution in [1.29, 1.82) is 0 Å². The molecule has 0 aromatic carbocycles. The number of nitrogens with zero attached hydrogens (tertiary/aromatic N) is 3. The minimum atomic E-state index is -0.222. The van der Waals surface area contributed by atoms with E-state index in [1.165, 1.54) is 11.3 Å². The average Bonchev–Trinajstić information content (AvgIpc) is 2.84. The van der Waals surface area contributed by atoms with E-state index in [2.05, 4.69) is 20.5 Å². The van der Waals surface area contributed by atoms with Gasteiger partial charge in [0.05, 0.1) is 24.1 Å². The molecule has 1 amide bonds. The topological polar surface area (TPSA) is 93.8 Å². The van der Waals surface area contributed by atoms with Gasteiger partial charge >= 0.3 is 0 Å². The number of hydrogen-bond donors (Lipinski definition) is 2. The fourth-order valence-corrected chi connectivity index (χ4v) is 2.94. The van der Waals surface area contributed by atoms with Crippen molar-refractivity contribution in [2.45, 2.75) is 13.5 Å². The first-order chi connectivity index (χ1) is 10.2. The molecule has 6 nitrogen and oxygen atoms in total. The summed E-state index contributed by atoms with van der Waals surface area (Å²) in [5, 5.41) is 11.4. The van der Waals surface area contributed by atoms with Crippen LogP contribution in [0.4, 0.5) is 5.69 Å². The van der Waals surface area contributed by atoms with Crippen molar-refractivity contribution in [2.24, 2.45) is 0 Å². The molecule has 0 aliphatic rings. The van der Waals surface area contributed by atoms with Crippen molar-refractivity contribution in [2.75, 3.05) is 5.73 Å². The normalized spacial score (nSPS) is 10.7. The number of carbonyl (C=O) groups is 1. The van der Waals surface area contributed by atoms with Crippen LogP contribution in [0.3, 0.4) is 0 Å². The molecule has 0 bridgehead atoms. The van der Waals surface area contributed by atoms with Gasteiger partial charge in [-0.25, -0.2) is 0 Å². The Morgan fingerprint density at radius 2 is 2.24 bits per heavy atom. The van der Waals surface area contributed by atoms with Crippen molar-refractivity contribution >= 4 is 33.1 Å². The predicted molar refractivity (Wildman–Crippen MR) is 82.0 cm³/mol. The Bertz CT molecular complexity index is 814. The third-order valence-corrected chi connectivity index (χ3v) is 4.27. The molecule has 0 fully saturated rings. The van der Waals surface area contributed by atoms with Gasteiger partial charge < -0.3 is 11.1 Å². The average molecular weight is 299 g/mol. The monoisotopic (exact) mass is 299 g/mol. The van der Waals surface area contributed by atoms with E-state index in [4.69, 9.17) is 5.73 Å². The number of nitrogens with one attached hydrogen (secondary N) is 1. The first-order valence-corrected chi connectivity index (χ1v) is 7.17. The lowest BCUT2D eigenvalue weighted by Crippen LogP contribution is -2.23. The molecule has 0 radical (unpaired) electrons. The molecule has 3 aromatic rings. The van der Waals surface area contributed by atoms with E-state index < -0.39 is 0 Å². The van der Waals surface area contributed by atoms with Crippen LogP contribution in [0.2, 0.25) is 0 Å². The zero-order valence-electron chi connectivity index (χ0n) is 11.3. The van der Waals surface area contributed by atoms with E-state index in [0.717, 1.165) is 16.6 Å². The Labute approximate surface area is 125 Å². The molecule has 7 heteroatoms. The van der Waals surface area contributed by atoms with Crippen LogP contribution in [0, 0.1) is 6.92 Å². The Kier molecular flexibility index (Phi) is 3.49. The third kappa shape index (κ3) is 2.55. The van der Waals surface area contributed by atoms with Crippen LogP contribution in [0.25, 0.3) is 10.2 Å². The van der Waals surface area contributed by atoms with Gasteiger partial charge in [-0.2, -0.15) is 5.10 Å². The molecule has 0 atom stereocenters. The largest absolute Gasteiger partial charge is 0.397 e. The van der Waals surface area contributed by atoms with Crippen LogP contribution in [0.5, 0.6) is 0 Å². The summed E-state index contributed by atoms with van der Waals surface area (Å²) in [6.45, 7) is 2.32. The van der Waals surface area contributed by atoms with Gasteiger partial charge in [-0.05, 0) is 24.6 Å². The van der Waals surface area contributed by atoms with Gasteiger partial charge in [-0.1, -0.05) is 6.07 Å². The van der Waals surface area contributed by atoms with Crippen molar-refractivity contribution in [3.8, 4) is 0 Å². The SMILES string of the molecule is Cc1cccnc1CNC(=O)c1sc2nnccc2c1N. The lowest BCUT2D eigenvalue weighted by Gasteiger charge is -2.06. The number of aromatic nitrogens is 3. The Balaban J connectivity index is 1.81. The van der Waals surface area contributed by atoms with E-state index >= 15 is 0 Å². The molecule has 106 valence electrons. The van der Waals surface area contributed by atoms with Gasteiger partial charge in [0, 0.05) is 11.6 Å². The summed E-state index contributed by atoms with van der Waals surface area (Å²) in [6.07, 6.45) is 3.27. The molecule has 0 saturated heterocycles. The summed E-state index contributed by atoms with van der Waals surface area (Å²) in [7, 11) is 0. The number of fused-ring (bicyclic) bond motifs is 1. The van der Waals surface area contributed by atoms with Crippen molar-refractivity contribution in [1.82, 2.24) is 20.5 Å². The van der Waals surface area contributed by atoms with Crippen LogP contribution in [-0.4, -0.2) is 21.1 Å². The number of carbonyl (C=O) groups excluding carboxylic acids is 1. The van der Waals surface area contributed by atoms with Crippen LogP contribution in [0.15, 0.2) is 30.6 Å². The van der Waals surface area contributed by atoms with Gasteiger partial charge in [-0.15, -0.1) is 16.4 Å². The lowest BCUT2D eigenvalue weighted by atomic mass is 10.2. The number of anilines is 1. The number of rotatable bonds is 3. The Morgan fingerprint density at radius 1 is 1.38 bits per heavy atom. The second-order valence-corrected chi connectivity index (χ2v) is 5.54. The maximum absolute atomic E-state index is 12.3. The highest BCUT2D eigenvalue weighted by molar-refractivity contribution is 7.21. The predicted octanol–water partition coefficient (Wildman–Crippen LogP) is 1.91. The summed E-state index contributed by atoms with van der Waals surface area (Å²) >= 11 is 1.24. The maximum Gasteiger partial charge on any atom is 0.263 e. The second-order valence-electron chi connectivity index (χ2n) is 4.54. The van der Waals surface area contributed by atoms with Crippen molar-refractivity contribution in [3.05, 3.63) is 46.7 Å². The molecule has 3 rings (SSSR count). The third-order valence-electron chi connectivity index (χ3n) is 3.16. The van der Waals surface area contributed by atoms with E-state index in [1.54, 1.807) is 18.5 Å². The molecule has 0 aliphatic carbocycles. The smallest absolute Gasteiger partial charge is 0.263 e. The molecular formula is C14H13N5OS. The van der Waals surface area contributed by atoms with Crippen molar-refractivity contribution in [3.63, 3.8) is 0 Å². The van der Waals surface area contributed by atoms with E-state index in [-0.39, 0.29) is 5.91 Å². The molecule has 0 saturated carbocycles. The molecular weight excluding hydrogens is 286 g/mol. The molecule has 0 aliphatic heterocycles. The van der Waals surface area contributed by atoms with E-state index in [9.17, 15) is 4.79 Å². The lowest BCUT2D eigenvalue weighted by molar-refractivity contribution is 0.0955. The second kappa shape index (κ2) is 5.45. The van der Waals surface area contributed by atoms with E-state index in [0.29, 0.717) is 21.9 Å². The van der Waals surface area contributed by atoms with Gasteiger partial charge in [-0.3, -0.25) is 9.78 Å². The number of amides is 1. The fraction of sp³-hybridized carbons (Fsp3) is 0.143. The van der Waals surface area contributed by atoms with Crippen LogP contribution in [0.1, 0.15) is 20.9 Å². The summed E-state index contributed by atoms with van der Waals surface area (Å²) < 4.78 is 0. The highest BCUT2D eigenvalue weighted by Crippen LogP contribution is 2.31. The Morgan fingerprint density at radius 3 is 3.00 bits per heavy atom. The summed E-state index contributed by atoms with van der Waals surface area (Å²) in [4.78, 5) is 17.6. The van der Waals surface area contributed by atoms with Gasteiger partial charge in [0.25, 0.3) is 5.91 Å². The van der Waals surface area contributed by atoms with E-state index in [1.807, 2.05) is 19.1 Å². The minimum Gasteiger partial charge on any atom is -0.397 e. The molecule has 0 spiro atoms. The van der Waals surface area contributed by atoms with Crippen LogP contribution < -0.4 is 11.1 Å². The number of pyridine rings is 1. The fourth-order valence-electron chi connectivity index (χ4n) is 1.99. The summed E-state index contributed by atoms with van der Waals surface area (Å²) in [5.41, 5.74) is 8.32. The van der Waals surface area contributed by atoms with Crippen molar-refractivity contribution < 1.29 is 4.79 Å². The number of nitrogens with two attached hydrogens (primary N) is 1. The first kappa shape index (κ1) is 13.4. The quantitative estimate of drug-likeness (QED) is 0.770. The standard InChI is InChI=1S/C14H13N5OS/c1-8-3-2-5-16-10(8)7-17-13(20)12-11(15)9-4-6-18-19-14(9)21-12/h2-6H,7,15H2,1H3,(H,17,20). The number of aryl methyl sites for hydroxylation is 1. The number of hydrogen-bond acceptors (Lipinski definition) is 6. The zero-order chi connectivity index (χ0) is 14.8. The molecule has 21 heavy (non-hydrogen) atoms. The zero-order valence-corrected chi connectivity index (χ0v) is 12.1. The molecule has 0 unspecified atom stereocenters.